The smallest absolute Gasteiger partial charge is 0.285 e. The van der Waals surface area contributed by atoms with E-state index in [0.717, 1.165) is 0 Å². The topological polar surface area (TPSA) is 55.7 Å². The van der Waals surface area contributed by atoms with Gasteiger partial charge in [0.1, 0.15) is 0 Å². The van der Waals surface area contributed by atoms with Crippen LogP contribution in [0.4, 0.5) is 0 Å². The summed E-state index contributed by atoms with van der Waals surface area (Å²) in [5, 5.41) is 0.477. The highest BCUT2D eigenvalue weighted by molar-refractivity contribution is 7.90. The SMILES string of the molecule is CCC(=NS(=O)(=O)c1ccc(Cl)cc1)OC. The molecule has 16 heavy (non-hydrogen) atoms. The minimum Gasteiger partial charge on any atom is -0.484 e. The van der Waals surface area contributed by atoms with Crippen LogP contribution < -0.4 is 0 Å². The summed E-state index contributed by atoms with van der Waals surface area (Å²) in [4.78, 5) is 0.0971. The standard InChI is InChI=1S/C10H12ClNO3S/c1-3-10(15-2)12-16(13,14)9-6-4-8(11)5-7-9/h4-7H,3H2,1-2H3. The number of ether oxygens (including phenoxy) is 1. The Labute approximate surface area is 100.0 Å². The Morgan fingerprint density at radius 1 is 1.38 bits per heavy atom. The third-order valence-electron chi connectivity index (χ3n) is 1.87. The van der Waals surface area contributed by atoms with Gasteiger partial charge in [0.25, 0.3) is 10.0 Å². The van der Waals surface area contributed by atoms with E-state index in [4.69, 9.17) is 16.3 Å². The molecule has 0 unspecified atom stereocenters. The molecule has 0 aliphatic rings. The van der Waals surface area contributed by atoms with E-state index < -0.39 is 10.0 Å². The number of sulfonamides is 1. The zero-order valence-electron chi connectivity index (χ0n) is 8.97. The molecule has 0 fully saturated rings. The molecular weight excluding hydrogens is 250 g/mol. The molecule has 0 spiro atoms. The minimum absolute atomic E-state index is 0.0971. The first-order chi connectivity index (χ1) is 7.49. The van der Waals surface area contributed by atoms with Gasteiger partial charge in [0, 0.05) is 11.4 Å². The average Bonchev–Trinajstić information content (AvgIpc) is 2.26. The van der Waals surface area contributed by atoms with Crippen LogP contribution in [0.2, 0.25) is 5.02 Å². The van der Waals surface area contributed by atoms with E-state index >= 15 is 0 Å². The Morgan fingerprint density at radius 2 is 1.94 bits per heavy atom. The van der Waals surface area contributed by atoms with Crippen LogP contribution in [0.15, 0.2) is 33.6 Å². The molecule has 0 amide bonds. The summed E-state index contributed by atoms with van der Waals surface area (Å²) in [5.74, 6) is 0.176. The second-order valence-electron chi connectivity index (χ2n) is 2.97. The molecule has 0 bridgehead atoms. The van der Waals surface area contributed by atoms with Gasteiger partial charge in [-0.1, -0.05) is 18.5 Å². The van der Waals surface area contributed by atoms with Gasteiger partial charge in [-0.25, -0.2) is 0 Å². The third kappa shape index (κ3) is 3.21. The lowest BCUT2D eigenvalue weighted by atomic mass is 10.4. The highest BCUT2D eigenvalue weighted by atomic mass is 35.5. The van der Waals surface area contributed by atoms with Gasteiger partial charge < -0.3 is 4.74 Å². The molecule has 0 saturated heterocycles. The van der Waals surface area contributed by atoms with Crippen molar-refractivity contribution >= 4 is 27.5 Å². The number of nitrogens with zero attached hydrogens (tertiary/aromatic N) is 1. The number of hydrogen-bond acceptors (Lipinski definition) is 3. The number of methoxy groups -OCH3 is 1. The van der Waals surface area contributed by atoms with Crippen LogP contribution in [-0.2, 0) is 14.8 Å². The van der Waals surface area contributed by atoms with Gasteiger partial charge in [-0.05, 0) is 24.3 Å². The Morgan fingerprint density at radius 3 is 2.38 bits per heavy atom. The average molecular weight is 262 g/mol. The van der Waals surface area contributed by atoms with Crippen molar-refractivity contribution in [3.05, 3.63) is 29.3 Å². The lowest BCUT2D eigenvalue weighted by Crippen LogP contribution is -2.05. The van der Waals surface area contributed by atoms with Crippen LogP contribution in [0.1, 0.15) is 13.3 Å². The number of hydrogen-bond donors (Lipinski definition) is 0. The maximum absolute atomic E-state index is 11.8. The molecule has 0 atom stereocenters. The summed E-state index contributed by atoms with van der Waals surface area (Å²) in [6.45, 7) is 1.76. The van der Waals surface area contributed by atoms with Gasteiger partial charge in [-0.15, -0.1) is 4.40 Å². The zero-order chi connectivity index (χ0) is 12.2. The Bertz CT molecular complexity index is 473. The van der Waals surface area contributed by atoms with Crippen LogP contribution in [-0.4, -0.2) is 21.4 Å². The predicted molar refractivity (Wildman–Crippen MR) is 63.4 cm³/mol. The monoisotopic (exact) mass is 261 g/mol. The van der Waals surface area contributed by atoms with E-state index in [9.17, 15) is 8.42 Å². The fourth-order valence-corrected chi connectivity index (χ4v) is 2.22. The molecule has 4 nitrogen and oxygen atoms in total. The van der Waals surface area contributed by atoms with Crippen molar-refractivity contribution in [1.29, 1.82) is 0 Å². The molecule has 0 saturated carbocycles. The van der Waals surface area contributed by atoms with E-state index in [1.807, 2.05) is 0 Å². The Hall–Kier alpha value is -1.07. The fraction of sp³-hybridized carbons (Fsp3) is 0.300. The van der Waals surface area contributed by atoms with Crippen LogP contribution in [0, 0.1) is 0 Å². The van der Waals surface area contributed by atoms with Crippen molar-refractivity contribution < 1.29 is 13.2 Å². The molecule has 0 N–H and O–H groups in total. The predicted octanol–water partition coefficient (Wildman–Crippen LogP) is 2.48. The van der Waals surface area contributed by atoms with Crippen molar-refractivity contribution in [3.8, 4) is 0 Å². The zero-order valence-corrected chi connectivity index (χ0v) is 10.5. The van der Waals surface area contributed by atoms with Crippen molar-refractivity contribution in [1.82, 2.24) is 0 Å². The van der Waals surface area contributed by atoms with Gasteiger partial charge in [0.05, 0.1) is 12.0 Å². The van der Waals surface area contributed by atoms with Gasteiger partial charge in [0.15, 0.2) is 5.90 Å². The number of rotatable bonds is 3. The summed E-state index contributed by atoms with van der Waals surface area (Å²) in [6.07, 6.45) is 0.420. The Kier molecular flexibility index (Phi) is 4.32. The van der Waals surface area contributed by atoms with Crippen molar-refractivity contribution in [2.24, 2.45) is 4.40 Å². The number of halogens is 1. The van der Waals surface area contributed by atoms with Crippen LogP contribution in [0.5, 0.6) is 0 Å². The van der Waals surface area contributed by atoms with E-state index in [0.29, 0.717) is 11.4 Å². The van der Waals surface area contributed by atoms with Gasteiger partial charge in [-0.2, -0.15) is 8.42 Å². The molecule has 1 rings (SSSR count). The summed E-state index contributed by atoms with van der Waals surface area (Å²) < 4.78 is 31.9. The molecule has 0 aliphatic carbocycles. The highest BCUT2D eigenvalue weighted by Gasteiger charge is 2.13. The normalized spacial score (nSPS) is 12.6. The molecule has 0 aliphatic heterocycles. The van der Waals surface area contributed by atoms with Crippen LogP contribution in [0.3, 0.4) is 0 Å². The first-order valence-corrected chi connectivity index (χ1v) is 6.45. The summed E-state index contributed by atoms with van der Waals surface area (Å²) in [6, 6.07) is 5.82. The van der Waals surface area contributed by atoms with E-state index in [1.165, 1.54) is 31.4 Å². The second-order valence-corrected chi connectivity index (χ2v) is 5.01. The van der Waals surface area contributed by atoms with Crippen LogP contribution in [0.25, 0.3) is 0 Å². The minimum atomic E-state index is -3.70. The molecular formula is C10H12ClNO3S. The van der Waals surface area contributed by atoms with Gasteiger partial charge >= 0.3 is 0 Å². The molecule has 0 aromatic heterocycles. The van der Waals surface area contributed by atoms with E-state index in [2.05, 4.69) is 4.40 Å². The molecule has 88 valence electrons. The molecule has 6 heteroatoms. The lowest BCUT2D eigenvalue weighted by Gasteiger charge is -2.02. The first kappa shape index (κ1) is 13.0. The van der Waals surface area contributed by atoms with Crippen molar-refractivity contribution in [2.75, 3.05) is 7.11 Å². The highest BCUT2D eigenvalue weighted by Crippen LogP contribution is 2.16. The second kappa shape index (κ2) is 5.32. The Balaban J connectivity index is 3.12. The fourth-order valence-electron chi connectivity index (χ4n) is 1.04. The molecule has 0 heterocycles. The quantitative estimate of drug-likeness (QED) is 0.620. The maximum Gasteiger partial charge on any atom is 0.285 e. The lowest BCUT2D eigenvalue weighted by molar-refractivity contribution is 0.393. The van der Waals surface area contributed by atoms with Crippen molar-refractivity contribution in [3.63, 3.8) is 0 Å². The van der Waals surface area contributed by atoms with E-state index in [-0.39, 0.29) is 10.8 Å². The third-order valence-corrected chi connectivity index (χ3v) is 3.44. The summed E-state index contributed by atoms with van der Waals surface area (Å²) >= 11 is 5.67. The first-order valence-electron chi connectivity index (χ1n) is 4.63. The number of benzene rings is 1. The maximum atomic E-state index is 11.8. The largest absolute Gasteiger partial charge is 0.484 e. The molecule has 1 aromatic rings. The van der Waals surface area contributed by atoms with Crippen LogP contribution >= 0.6 is 11.6 Å². The van der Waals surface area contributed by atoms with Gasteiger partial charge in [-0.3, -0.25) is 0 Å². The molecule has 0 radical (unpaired) electrons. The molecule has 1 aromatic carbocycles. The van der Waals surface area contributed by atoms with Gasteiger partial charge in [0.2, 0.25) is 0 Å². The van der Waals surface area contributed by atoms with Crippen molar-refractivity contribution in [2.45, 2.75) is 18.2 Å². The summed E-state index contributed by atoms with van der Waals surface area (Å²) in [5.41, 5.74) is 0. The van der Waals surface area contributed by atoms with E-state index in [1.54, 1.807) is 6.92 Å². The summed E-state index contributed by atoms with van der Waals surface area (Å²) in [7, 11) is -2.31.